The van der Waals surface area contributed by atoms with Crippen LogP contribution in [0.15, 0.2) is 60.7 Å². The molecule has 2 aromatic rings. The molecule has 2 heterocycles. The van der Waals surface area contributed by atoms with Crippen LogP contribution in [0, 0.1) is 0 Å². The van der Waals surface area contributed by atoms with Crippen LogP contribution in [0.5, 0.6) is 0 Å². The minimum absolute atomic E-state index is 0.0322. The van der Waals surface area contributed by atoms with Crippen LogP contribution in [-0.4, -0.2) is 94.4 Å². The van der Waals surface area contributed by atoms with Crippen molar-refractivity contribution in [3.63, 3.8) is 0 Å². The lowest BCUT2D eigenvalue weighted by Gasteiger charge is -2.39. The Morgan fingerprint density at radius 2 is 1.56 bits per heavy atom. The Hall–Kier alpha value is -2.37. The van der Waals surface area contributed by atoms with Crippen molar-refractivity contribution in [3.05, 3.63) is 66.2 Å². The van der Waals surface area contributed by atoms with Gasteiger partial charge in [-0.2, -0.15) is 0 Å². The second kappa shape index (κ2) is 12.7. The zero-order valence-corrected chi connectivity index (χ0v) is 20.3. The molecule has 0 spiro atoms. The number of ether oxygens (including phenoxy) is 2. The molecule has 2 fully saturated rings. The highest BCUT2D eigenvalue weighted by atomic mass is 16.7. The Kier molecular flexibility index (Phi) is 9.44. The van der Waals surface area contributed by atoms with E-state index in [0.717, 1.165) is 44.6 Å². The molecular weight excluding hydrogens is 464 g/mol. The van der Waals surface area contributed by atoms with E-state index >= 15 is 0 Å². The number of nitrogens with zero attached hydrogens (tertiary/aromatic N) is 2. The van der Waals surface area contributed by atoms with Crippen molar-refractivity contribution in [1.29, 1.82) is 0 Å². The lowest BCUT2D eigenvalue weighted by Crippen LogP contribution is -2.58. The molecule has 0 unspecified atom stereocenters. The van der Waals surface area contributed by atoms with Gasteiger partial charge in [0.15, 0.2) is 12.6 Å². The zero-order valence-electron chi connectivity index (χ0n) is 20.3. The van der Waals surface area contributed by atoms with Gasteiger partial charge in [-0.3, -0.25) is 4.79 Å². The third-order valence-electron chi connectivity index (χ3n) is 6.93. The van der Waals surface area contributed by atoms with E-state index in [1.165, 1.54) is 5.56 Å². The summed E-state index contributed by atoms with van der Waals surface area (Å²) in [7, 11) is 0. The summed E-state index contributed by atoms with van der Waals surface area (Å²) in [4.78, 5) is 17.6. The number of aliphatic hydroxyl groups excluding tert-OH is 4. The lowest BCUT2D eigenvalue weighted by molar-refractivity contribution is -0.339. The lowest BCUT2D eigenvalue weighted by atomic mass is 10.0. The van der Waals surface area contributed by atoms with Gasteiger partial charge in [0.2, 0.25) is 5.91 Å². The fourth-order valence-electron chi connectivity index (χ4n) is 4.83. The highest BCUT2D eigenvalue weighted by molar-refractivity contribution is 5.94. The number of carbonyl (C=O) groups is 1. The van der Waals surface area contributed by atoms with E-state index in [2.05, 4.69) is 29.2 Å². The molecule has 0 aromatic heterocycles. The molecule has 2 aliphatic heterocycles. The Bertz CT molecular complexity index is 940. The van der Waals surface area contributed by atoms with Gasteiger partial charge in [0.05, 0.1) is 13.0 Å². The van der Waals surface area contributed by atoms with Gasteiger partial charge in [0.1, 0.15) is 18.3 Å². The monoisotopic (exact) mass is 500 g/mol. The predicted molar refractivity (Wildman–Crippen MR) is 133 cm³/mol. The maximum absolute atomic E-state index is 13.3. The third-order valence-corrected chi connectivity index (χ3v) is 6.93. The third kappa shape index (κ3) is 6.68. The number of benzene rings is 2. The van der Waals surface area contributed by atoms with Gasteiger partial charge in [-0.1, -0.05) is 48.5 Å². The summed E-state index contributed by atoms with van der Waals surface area (Å²) in [6, 6.07) is 20.0. The van der Waals surface area contributed by atoms with Gasteiger partial charge in [-0.05, 0) is 37.0 Å². The normalized spacial score (nSPS) is 27.6. The summed E-state index contributed by atoms with van der Waals surface area (Å²) in [5.74, 6) is -0.115. The first kappa shape index (κ1) is 26.7. The zero-order chi connectivity index (χ0) is 25.5. The summed E-state index contributed by atoms with van der Waals surface area (Å²) in [5.41, 5.74) is 2.15. The van der Waals surface area contributed by atoms with E-state index in [1.54, 1.807) is 0 Å². The molecule has 2 aliphatic rings. The number of amides is 1. The topological polar surface area (TPSA) is 123 Å². The molecule has 5 atom stereocenters. The second-order valence-corrected chi connectivity index (χ2v) is 9.40. The average molecular weight is 501 g/mol. The second-order valence-electron chi connectivity index (χ2n) is 9.40. The van der Waals surface area contributed by atoms with Crippen LogP contribution in [0.25, 0.3) is 0 Å². The SMILES string of the molecule is O=C(CCO[C@@H]1O[C@@H](O)[C@@H](O)[C@H](O)[C@H]1O)N(c1ccccc1)C1CCN(CCc2ccccc2)CC1. The number of rotatable bonds is 9. The van der Waals surface area contributed by atoms with Gasteiger partial charge >= 0.3 is 0 Å². The van der Waals surface area contributed by atoms with Crippen LogP contribution in [0.2, 0.25) is 0 Å². The summed E-state index contributed by atoms with van der Waals surface area (Å²) < 4.78 is 10.5. The first-order chi connectivity index (χ1) is 17.4. The van der Waals surface area contributed by atoms with Crippen LogP contribution in [0.1, 0.15) is 24.8 Å². The molecule has 9 nitrogen and oxygen atoms in total. The standard InChI is InChI=1S/C27H36N2O7/c30-22(14-18-35-27-25(33)23(31)24(32)26(34)36-27)29(20-9-5-2-6-10-20)21-12-16-28(17-13-21)15-11-19-7-3-1-4-8-19/h1-10,21,23-27,31-34H,11-18H2/t23-,24-,25+,26+,27+/m0/s1. The summed E-state index contributed by atoms with van der Waals surface area (Å²) in [6.07, 6.45) is -5.06. The molecule has 4 rings (SSSR count). The first-order valence-electron chi connectivity index (χ1n) is 12.6. The molecule has 2 aromatic carbocycles. The van der Waals surface area contributed by atoms with Crippen molar-refractivity contribution in [3.8, 4) is 0 Å². The molecule has 0 aliphatic carbocycles. The maximum atomic E-state index is 13.3. The molecule has 4 N–H and O–H groups in total. The number of hydrogen-bond acceptors (Lipinski definition) is 8. The number of hydrogen-bond donors (Lipinski definition) is 4. The number of carbonyl (C=O) groups excluding carboxylic acids is 1. The van der Waals surface area contributed by atoms with E-state index in [1.807, 2.05) is 41.3 Å². The first-order valence-corrected chi connectivity index (χ1v) is 12.6. The quantitative estimate of drug-likeness (QED) is 0.401. The van der Waals surface area contributed by atoms with Crippen LogP contribution in [-0.2, 0) is 20.7 Å². The summed E-state index contributed by atoms with van der Waals surface area (Å²) in [5, 5.41) is 39.2. The number of piperidine rings is 1. The molecule has 2 saturated heterocycles. The molecule has 36 heavy (non-hydrogen) atoms. The van der Waals surface area contributed by atoms with E-state index in [9.17, 15) is 25.2 Å². The summed E-state index contributed by atoms with van der Waals surface area (Å²) >= 11 is 0. The van der Waals surface area contributed by atoms with Gasteiger partial charge in [-0.25, -0.2) is 0 Å². The van der Waals surface area contributed by atoms with E-state index in [0.29, 0.717) is 0 Å². The minimum atomic E-state index is -1.68. The molecule has 0 bridgehead atoms. The van der Waals surface area contributed by atoms with Crippen molar-refractivity contribution in [1.82, 2.24) is 4.90 Å². The molecular formula is C27H36N2O7. The molecule has 0 saturated carbocycles. The highest BCUT2D eigenvalue weighted by Gasteiger charge is 2.43. The van der Waals surface area contributed by atoms with Crippen LogP contribution < -0.4 is 4.90 Å². The molecule has 9 heteroatoms. The Balaban J connectivity index is 1.31. The van der Waals surface area contributed by atoms with Gasteiger partial charge in [0.25, 0.3) is 0 Å². The van der Waals surface area contributed by atoms with Crippen molar-refractivity contribution in [2.75, 3.05) is 31.1 Å². The predicted octanol–water partition coefficient (Wildman–Crippen LogP) is 0.891. The smallest absolute Gasteiger partial charge is 0.229 e. The van der Waals surface area contributed by atoms with Gasteiger partial charge < -0.3 is 39.7 Å². The van der Waals surface area contributed by atoms with Crippen LogP contribution in [0.4, 0.5) is 5.69 Å². The minimum Gasteiger partial charge on any atom is -0.387 e. The van der Waals surface area contributed by atoms with Crippen molar-refractivity contribution in [2.45, 2.75) is 62.6 Å². The van der Waals surface area contributed by atoms with Crippen molar-refractivity contribution < 1.29 is 34.7 Å². The largest absolute Gasteiger partial charge is 0.387 e. The molecule has 196 valence electrons. The van der Waals surface area contributed by atoms with E-state index in [-0.39, 0.29) is 25.0 Å². The van der Waals surface area contributed by atoms with E-state index in [4.69, 9.17) is 9.47 Å². The Morgan fingerprint density at radius 1 is 0.917 bits per heavy atom. The van der Waals surface area contributed by atoms with Crippen molar-refractivity contribution in [2.24, 2.45) is 0 Å². The number of para-hydroxylation sites is 1. The average Bonchev–Trinajstić information content (AvgIpc) is 2.91. The number of anilines is 1. The van der Waals surface area contributed by atoms with Gasteiger partial charge in [-0.15, -0.1) is 0 Å². The van der Waals surface area contributed by atoms with E-state index < -0.39 is 30.9 Å². The maximum Gasteiger partial charge on any atom is 0.229 e. The van der Waals surface area contributed by atoms with Gasteiger partial charge in [0, 0.05) is 31.4 Å². The Morgan fingerprint density at radius 3 is 2.22 bits per heavy atom. The fourth-order valence-corrected chi connectivity index (χ4v) is 4.83. The van der Waals surface area contributed by atoms with Crippen LogP contribution >= 0.6 is 0 Å². The van der Waals surface area contributed by atoms with Crippen molar-refractivity contribution >= 4 is 11.6 Å². The summed E-state index contributed by atoms with van der Waals surface area (Å²) in [6.45, 7) is 2.73. The number of aliphatic hydroxyl groups is 4. The Labute approximate surface area is 211 Å². The number of likely N-dealkylation sites (tertiary alicyclic amines) is 1. The van der Waals surface area contributed by atoms with Crippen LogP contribution in [0.3, 0.4) is 0 Å². The molecule has 0 radical (unpaired) electrons. The fraction of sp³-hybridized carbons (Fsp3) is 0.519. The molecule has 1 amide bonds. The highest BCUT2D eigenvalue weighted by Crippen LogP contribution is 2.26.